The van der Waals surface area contributed by atoms with Crippen LogP contribution in [-0.4, -0.2) is 53.8 Å². The summed E-state index contributed by atoms with van der Waals surface area (Å²) >= 11 is 0. The molecule has 6 nitrogen and oxygen atoms in total. The molecule has 4 rings (SSSR count). The second-order valence-electron chi connectivity index (χ2n) is 14.1. The van der Waals surface area contributed by atoms with Crippen LogP contribution in [0.3, 0.4) is 0 Å². The van der Waals surface area contributed by atoms with Gasteiger partial charge in [0.25, 0.3) is 0 Å². The van der Waals surface area contributed by atoms with Crippen LogP contribution in [0, 0.1) is 5.92 Å². The van der Waals surface area contributed by atoms with Gasteiger partial charge in [-0.25, -0.2) is 0 Å². The van der Waals surface area contributed by atoms with Crippen LogP contribution >= 0.6 is 0 Å². The minimum absolute atomic E-state index is 0.0103. The molecule has 1 N–H and O–H groups in total. The fourth-order valence-corrected chi connectivity index (χ4v) is 5.94. The molecule has 1 fully saturated rings. The molecule has 0 bridgehead atoms. The lowest BCUT2D eigenvalue weighted by Gasteiger charge is -2.33. The number of ether oxygens (including phenoxy) is 1. The molecule has 1 aliphatic heterocycles. The lowest BCUT2D eigenvalue weighted by Crippen LogP contribution is -2.55. The lowest BCUT2D eigenvalue weighted by molar-refractivity contribution is -0.138. The molecule has 0 radical (unpaired) electrons. The first-order valence-electron chi connectivity index (χ1n) is 16.6. The molecule has 6 heteroatoms. The molecule has 45 heavy (non-hydrogen) atoms. The summed E-state index contributed by atoms with van der Waals surface area (Å²) in [6, 6.07) is 25.7. The molecule has 0 spiro atoms. The smallest absolute Gasteiger partial charge is 0.245 e. The van der Waals surface area contributed by atoms with Crippen molar-refractivity contribution in [1.29, 1.82) is 0 Å². The molecule has 3 aromatic rings. The van der Waals surface area contributed by atoms with Crippen LogP contribution in [0.1, 0.15) is 82.6 Å². The average molecular weight is 612 g/mol. The Kier molecular flexibility index (Phi) is 12.2. The minimum atomic E-state index is -0.624. The van der Waals surface area contributed by atoms with Gasteiger partial charge in [0, 0.05) is 26.1 Å². The van der Waals surface area contributed by atoms with E-state index in [0.29, 0.717) is 31.9 Å². The summed E-state index contributed by atoms with van der Waals surface area (Å²) in [5.74, 6) is 1.03. The Balaban J connectivity index is 1.47. The highest BCUT2D eigenvalue weighted by atomic mass is 16.5. The Morgan fingerprint density at radius 2 is 1.47 bits per heavy atom. The summed E-state index contributed by atoms with van der Waals surface area (Å²) < 4.78 is 5.98. The van der Waals surface area contributed by atoms with Gasteiger partial charge in [-0.15, -0.1) is 0 Å². The highest BCUT2D eigenvalue weighted by Crippen LogP contribution is 2.23. The summed E-state index contributed by atoms with van der Waals surface area (Å²) in [7, 11) is 2.01. The number of nitrogens with one attached hydrogen (secondary N) is 1. The predicted molar refractivity (Wildman–Crippen MR) is 183 cm³/mol. The molecule has 0 aliphatic carbocycles. The van der Waals surface area contributed by atoms with Gasteiger partial charge in [-0.2, -0.15) is 0 Å². The summed E-state index contributed by atoms with van der Waals surface area (Å²) in [4.78, 5) is 31.9. The zero-order chi connectivity index (χ0) is 32.4. The van der Waals surface area contributed by atoms with Crippen LogP contribution < -0.4 is 10.1 Å². The molecule has 0 saturated carbocycles. The van der Waals surface area contributed by atoms with Gasteiger partial charge in [-0.3, -0.25) is 14.5 Å². The van der Waals surface area contributed by atoms with Gasteiger partial charge in [-0.1, -0.05) is 101 Å². The summed E-state index contributed by atoms with van der Waals surface area (Å²) in [5.41, 5.74) is 4.66. The van der Waals surface area contributed by atoms with E-state index in [4.69, 9.17) is 4.74 Å². The number of rotatable bonds is 13. The van der Waals surface area contributed by atoms with Gasteiger partial charge >= 0.3 is 0 Å². The number of hydrogen-bond acceptors (Lipinski definition) is 4. The molecule has 1 aliphatic rings. The van der Waals surface area contributed by atoms with Gasteiger partial charge in [-0.05, 0) is 78.5 Å². The molecule has 1 saturated heterocycles. The molecule has 2 atom stereocenters. The number of piperidine rings is 1. The molecule has 0 aromatic heterocycles. The molecule has 242 valence electrons. The maximum atomic E-state index is 14.0. The highest BCUT2D eigenvalue weighted by molar-refractivity contribution is 5.90. The first kappa shape index (κ1) is 34.2. The van der Waals surface area contributed by atoms with Gasteiger partial charge in [0.15, 0.2) is 0 Å². The second-order valence-corrected chi connectivity index (χ2v) is 14.1. The maximum absolute atomic E-state index is 14.0. The fraction of sp³-hybridized carbons (Fsp3) is 0.487. The first-order valence-corrected chi connectivity index (χ1v) is 16.6. The molecule has 3 aromatic carbocycles. The predicted octanol–water partition coefficient (Wildman–Crippen LogP) is 7.15. The molecule has 2 amide bonds. The van der Waals surface area contributed by atoms with Gasteiger partial charge in [0.1, 0.15) is 18.4 Å². The third-order valence-corrected chi connectivity index (χ3v) is 8.68. The molecular formula is C39H53N3O3. The number of amides is 2. The zero-order valence-electron chi connectivity index (χ0n) is 28.2. The number of carbonyl (C=O) groups is 2. The summed E-state index contributed by atoms with van der Waals surface area (Å²) in [5, 5.41) is 3.22. The van der Waals surface area contributed by atoms with Crippen molar-refractivity contribution in [2.45, 2.75) is 97.4 Å². The Labute approximate surface area is 271 Å². The van der Waals surface area contributed by atoms with Crippen molar-refractivity contribution >= 4 is 11.8 Å². The normalized spacial score (nSPS) is 15.2. The van der Waals surface area contributed by atoms with Crippen molar-refractivity contribution in [3.8, 4) is 5.75 Å². The van der Waals surface area contributed by atoms with E-state index in [1.54, 1.807) is 0 Å². The third kappa shape index (κ3) is 10.5. The van der Waals surface area contributed by atoms with E-state index in [9.17, 15) is 9.59 Å². The van der Waals surface area contributed by atoms with Crippen LogP contribution in [0.25, 0.3) is 0 Å². The van der Waals surface area contributed by atoms with E-state index in [0.717, 1.165) is 49.2 Å². The molecular weight excluding hydrogens is 558 g/mol. The van der Waals surface area contributed by atoms with Crippen LogP contribution in [0.5, 0.6) is 5.75 Å². The SMILES string of the molecule is CC(C)CC(C(=O)NC(Cc1ccc(OCc2ccccc2)cc1)C(=O)N1CCCCC1)N(C)Cc1ccc(C(C)(C)C)cc1. The van der Waals surface area contributed by atoms with Crippen LogP contribution in [0.4, 0.5) is 0 Å². The monoisotopic (exact) mass is 611 g/mol. The fourth-order valence-electron chi connectivity index (χ4n) is 5.94. The zero-order valence-corrected chi connectivity index (χ0v) is 28.2. The Bertz CT molecular complexity index is 1340. The van der Waals surface area contributed by atoms with Crippen LogP contribution in [0.15, 0.2) is 78.9 Å². The van der Waals surface area contributed by atoms with E-state index in [-0.39, 0.29) is 23.3 Å². The van der Waals surface area contributed by atoms with E-state index in [1.807, 2.05) is 66.5 Å². The van der Waals surface area contributed by atoms with Gasteiger partial charge in [0.05, 0.1) is 6.04 Å². The quantitative estimate of drug-likeness (QED) is 0.223. The Hall–Kier alpha value is -3.64. The van der Waals surface area contributed by atoms with Crippen molar-refractivity contribution in [3.63, 3.8) is 0 Å². The Morgan fingerprint density at radius 1 is 0.844 bits per heavy atom. The number of likely N-dealkylation sites (N-methyl/N-ethyl adjacent to an activating group) is 1. The summed E-state index contributed by atoms with van der Waals surface area (Å²) in [6.07, 6.45) is 4.30. The Morgan fingerprint density at radius 3 is 2.07 bits per heavy atom. The van der Waals surface area contributed by atoms with Crippen LogP contribution in [-0.2, 0) is 34.6 Å². The number of nitrogens with zero attached hydrogens (tertiary/aromatic N) is 2. The van der Waals surface area contributed by atoms with Gasteiger partial charge < -0.3 is 15.0 Å². The van der Waals surface area contributed by atoms with Crippen molar-refractivity contribution in [3.05, 3.63) is 101 Å². The minimum Gasteiger partial charge on any atom is -0.489 e. The third-order valence-electron chi connectivity index (χ3n) is 8.68. The van der Waals surface area contributed by atoms with E-state index in [2.05, 4.69) is 69.1 Å². The van der Waals surface area contributed by atoms with Crippen molar-refractivity contribution in [2.75, 3.05) is 20.1 Å². The van der Waals surface area contributed by atoms with Gasteiger partial charge in [0.2, 0.25) is 11.8 Å². The van der Waals surface area contributed by atoms with Crippen LogP contribution in [0.2, 0.25) is 0 Å². The average Bonchev–Trinajstić information content (AvgIpc) is 3.03. The number of carbonyl (C=O) groups excluding carboxylic acids is 2. The van der Waals surface area contributed by atoms with E-state index < -0.39 is 6.04 Å². The lowest BCUT2D eigenvalue weighted by atomic mass is 9.86. The number of benzene rings is 3. The summed E-state index contributed by atoms with van der Waals surface area (Å²) in [6.45, 7) is 13.6. The second kappa shape index (κ2) is 16.1. The highest BCUT2D eigenvalue weighted by Gasteiger charge is 2.31. The first-order chi connectivity index (χ1) is 21.5. The number of likely N-dealkylation sites (tertiary alicyclic amines) is 1. The van der Waals surface area contributed by atoms with E-state index >= 15 is 0 Å². The maximum Gasteiger partial charge on any atom is 0.245 e. The van der Waals surface area contributed by atoms with Crippen molar-refractivity contribution < 1.29 is 14.3 Å². The molecule has 1 heterocycles. The topological polar surface area (TPSA) is 61.9 Å². The standard InChI is InChI=1S/C39H53N3O3/c1-29(2)25-36(41(6)27-31-15-19-33(20-16-31)39(3,4)5)37(43)40-35(38(44)42-23-11-8-12-24-42)26-30-17-21-34(22-18-30)45-28-32-13-9-7-10-14-32/h7,9-10,13-22,29,35-36H,8,11-12,23-28H2,1-6H3,(H,40,43). The largest absolute Gasteiger partial charge is 0.489 e. The molecule has 2 unspecified atom stereocenters. The van der Waals surface area contributed by atoms with Crippen molar-refractivity contribution in [1.82, 2.24) is 15.1 Å². The van der Waals surface area contributed by atoms with Crippen molar-refractivity contribution in [2.24, 2.45) is 5.92 Å². The van der Waals surface area contributed by atoms with E-state index in [1.165, 1.54) is 11.1 Å². The number of hydrogen-bond donors (Lipinski definition) is 1.